The van der Waals surface area contributed by atoms with Crippen molar-refractivity contribution in [3.05, 3.63) is 58.6 Å². The van der Waals surface area contributed by atoms with Crippen molar-refractivity contribution in [2.45, 2.75) is 13.5 Å². The van der Waals surface area contributed by atoms with Crippen molar-refractivity contribution >= 4 is 23.2 Å². The van der Waals surface area contributed by atoms with Gasteiger partial charge >= 0.3 is 0 Å². The molecule has 2 rings (SSSR count). The van der Waals surface area contributed by atoms with Crippen molar-refractivity contribution in [3.8, 4) is 5.75 Å². The quantitative estimate of drug-likeness (QED) is 0.688. The maximum Gasteiger partial charge on any atom is 0.250 e. The molecular weight excluding hydrogens is 342 g/mol. The van der Waals surface area contributed by atoms with Gasteiger partial charge in [0.1, 0.15) is 19.0 Å². The number of anilines is 1. The Labute approximate surface area is 152 Å². The molecule has 0 unspecified atom stereocenters. The molecule has 134 valence electrons. The number of carbonyl (C=O) groups excluding carboxylic acids is 1. The standard InChI is InChI=1S/C19H22ClNO4/c1-14-7-8-17(18(11-14)25-10-9-23-2)21-19(22)13-24-12-15-5-3-4-6-16(15)20/h3-8,11H,9-10,12-13H2,1-2H3,(H,21,22). The molecule has 1 N–H and O–H groups in total. The number of rotatable bonds is 9. The summed E-state index contributed by atoms with van der Waals surface area (Å²) in [6.45, 7) is 3.05. The van der Waals surface area contributed by atoms with E-state index < -0.39 is 0 Å². The first kappa shape index (κ1) is 19.2. The van der Waals surface area contributed by atoms with Gasteiger partial charge in [-0.2, -0.15) is 0 Å². The first-order valence-corrected chi connectivity index (χ1v) is 8.31. The van der Waals surface area contributed by atoms with Crippen LogP contribution >= 0.6 is 11.6 Å². The zero-order valence-corrected chi connectivity index (χ0v) is 15.1. The van der Waals surface area contributed by atoms with E-state index in [9.17, 15) is 4.79 Å². The van der Waals surface area contributed by atoms with E-state index in [-0.39, 0.29) is 19.1 Å². The van der Waals surface area contributed by atoms with Crippen molar-refractivity contribution in [2.24, 2.45) is 0 Å². The predicted molar refractivity (Wildman–Crippen MR) is 98.3 cm³/mol. The molecule has 0 aliphatic carbocycles. The van der Waals surface area contributed by atoms with Gasteiger partial charge in [-0.1, -0.05) is 35.9 Å². The SMILES string of the molecule is COCCOc1cc(C)ccc1NC(=O)COCc1ccccc1Cl. The third-order valence-electron chi connectivity index (χ3n) is 3.40. The lowest BCUT2D eigenvalue weighted by Gasteiger charge is -2.13. The van der Waals surface area contributed by atoms with Crippen LogP contribution in [0.5, 0.6) is 5.75 Å². The van der Waals surface area contributed by atoms with E-state index >= 15 is 0 Å². The van der Waals surface area contributed by atoms with Crippen molar-refractivity contribution in [1.82, 2.24) is 0 Å². The molecule has 0 radical (unpaired) electrons. The molecule has 0 aliphatic rings. The lowest BCUT2D eigenvalue weighted by Crippen LogP contribution is -2.19. The van der Waals surface area contributed by atoms with Crippen LogP contribution in [0.4, 0.5) is 5.69 Å². The molecule has 2 aromatic carbocycles. The van der Waals surface area contributed by atoms with Crippen LogP contribution in [-0.2, 0) is 20.9 Å². The van der Waals surface area contributed by atoms with Gasteiger partial charge in [-0.05, 0) is 36.2 Å². The van der Waals surface area contributed by atoms with E-state index in [0.29, 0.717) is 29.7 Å². The molecule has 6 heteroatoms. The highest BCUT2D eigenvalue weighted by Crippen LogP contribution is 2.25. The Hall–Kier alpha value is -2.08. The van der Waals surface area contributed by atoms with Crippen molar-refractivity contribution in [1.29, 1.82) is 0 Å². The van der Waals surface area contributed by atoms with E-state index in [2.05, 4.69) is 5.32 Å². The third kappa shape index (κ3) is 6.38. The van der Waals surface area contributed by atoms with Crippen LogP contribution < -0.4 is 10.1 Å². The van der Waals surface area contributed by atoms with Crippen LogP contribution in [0.1, 0.15) is 11.1 Å². The summed E-state index contributed by atoms with van der Waals surface area (Å²) < 4.78 is 16.1. The zero-order chi connectivity index (χ0) is 18.1. The number of nitrogens with one attached hydrogen (secondary N) is 1. The van der Waals surface area contributed by atoms with E-state index in [0.717, 1.165) is 11.1 Å². The first-order valence-electron chi connectivity index (χ1n) is 7.93. The maximum atomic E-state index is 12.1. The Balaban J connectivity index is 1.88. The fourth-order valence-electron chi connectivity index (χ4n) is 2.14. The number of hydrogen-bond acceptors (Lipinski definition) is 4. The summed E-state index contributed by atoms with van der Waals surface area (Å²) in [6.07, 6.45) is 0. The van der Waals surface area contributed by atoms with Gasteiger partial charge in [-0.25, -0.2) is 0 Å². The van der Waals surface area contributed by atoms with Crippen molar-refractivity contribution in [2.75, 3.05) is 32.2 Å². The number of carbonyl (C=O) groups is 1. The highest BCUT2D eigenvalue weighted by Gasteiger charge is 2.09. The number of ether oxygens (including phenoxy) is 3. The average molecular weight is 364 g/mol. The predicted octanol–water partition coefficient (Wildman–Crippen LogP) is 3.83. The van der Waals surface area contributed by atoms with Crippen LogP contribution in [0.25, 0.3) is 0 Å². The Morgan fingerprint density at radius 3 is 2.72 bits per heavy atom. The molecule has 0 bridgehead atoms. The van der Waals surface area contributed by atoms with Crippen LogP contribution in [-0.4, -0.2) is 32.8 Å². The van der Waals surface area contributed by atoms with Gasteiger partial charge in [-0.3, -0.25) is 4.79 Å². The summed E-state index contributed by atoms with van der Waals surface area (Å²) in [5.74, 6) is 0.351. The number of aryl methyl sites for hydroxylation is 1. The van der Waals surface area contributed by atoms with Crippen LogP contribution in [0, 0.1) is 6.92 Å². The monoisotopic (exact) mass is 363 g/mol. The summed E-state index contributed by atoms with van der Waals surface area (Å²) in [4.78, 5) is 12.1. The van der Waals surface area contributed by atoms with Gasteiger partial charge in [0.25, 0.3) is 0 Å². The topological polar surface area (TPSA) is 56.8 Å². The minimum Gasteiger partial charge on any atom is -0.489 e. The molecule has 0 saturated carbocycles. The number of halogens is 1. The lowest BCUT2D eigenvalue weighted by molar-refractivity contribution is -0.121. The molecule has 0 heterocycles. The fourth-order valence-corrected chi connectivity index (χ4v) is 2.33. The molecule has 5 nitrogen and oxygen atoms in total. The van der Waals surface area contributed by atoms with Gasteiger partial charge in [0.2, 0.25) is 5.91 Å². The lowest BCUT2D eigenvalue weighted by atomic mass is 10.2. The van der Waals surface area contributed by atoms with Gasteiger partial charge in [0.05, 0.1) is 18.9 Å². The minimum absolute atomic E-state index is 0.0728. The molecule has 2 aromatic rings. The second-order valence-corrected chi connectivity index (χ2v) is 5.88. The molecule has 0 saturated heterocycles. The second kappa shape index (κ2) is 10.0. The molecule has 0 spiro atoms. The van der Waals surface area contributed by atoms with E-state index in [1.165, 1.54) is 0 Å². The summed E-state index contributed by atoms with van der Waals surface area (Å²) in [5, 5.41) is 3.42. The average Bonchev–Trinajstić information content (AvgIpc) is 2.59. The van der Waals surface area contributed by atoms with Gasteiger partial charge < -0.3 is 19.5 Å². The summed E-state index contributed by atoms with van der Waals surface area (Å²) in [5.41, 5.74) is 2.49. The Morgan fingerprint density at radius 2 is 1.96 bits per heavy atom. The number of hydrogen-bond donors (Lipinski definition) is 1. The summed E-state index contributed by atoms with van der Waals surface area (Å²) in [6, 6.07) is 13.0. The van der Waals surface area contributed by atoms with E-state index in [1.807, 2.05) is 43.3 Å². The van der Waals surface area contributed by atoms with Gasteiger partial charge in [0, 0.05) is 12.1 Å². The Kier molecular flexibility index (Phi) is 7.73. The summed E-state index contributed by atoms with van der Waals surface area (Å²) >= 11 is 6.06. The molecule has 0 aliphatic heterocycles. The molecule has 0 atom stereocenters. The number of methoxy groups -OCH3 is 1. The molecule has 0 fully saturated rings. The highest BCUT2D eigenvalue weighted by molar-refractivity contribution is 6.31. The third-order valence-corrected chi connectivity index (χ3v) is 3.77. The van der Waals surface area contributed by atoms with Crippen LogP contribution in [0.15, 0.2) is 42.5 Å². The fraction of sp³-hybridized carbons (Fsp3) is 0.316. The van der Waals surface area contributed by atoms with Crippen molar-refractivity contribution < 1.29 is 19.0 Å². The second-order valence-electron chi connectivity index (χ2n) is 5.47. The summed E-state index contributed by atoms with van der Waals surface area (Å²) in [7, 11) is 1.61. The normalized spacial score (nSPS) is 10.5. The number of benzene rings is 2. The Bertz CT molecular complexity index is 706. The van der Waals surface area contributed by atoms with E-state index in [1.54, 1.807) is 13.2 Å². The van der Waals surface area contributed by atoms with Crippen LogP contribution in [0.3, 0.4) is 0 Å². The van der Waals surface area contributed by atoms with Crippen molar-refractivity contribution in [3.63, 3.8) is 0 Å². The van der Waals surface area contributed by atoms with Crippen LogP contribution in [0.2, 0.25) is 5.02 Å². The minimum atomic E-state index is -0.257. The van der Waals surface area contributed by atoms with Gasteiger partial charge in [-0.15, -0.1) is 0 Å². The largest absolute Gasteiger partial charge is 0.489 e. The molecule has 25 heavy (non-hydrogen) atoms. The first-order chi connectivity index (χ1) is 12.1. The molecular formula is C19H22ClNO4. The Morgan fingerprint density at radius 1 is 1.16 bits per heavy atom. The number of amides is 1. The molecule has 1 amide bonds. The zero-order valence-electron chi connectivity index (χ0n) is 14.4. The van der Waals surface area contributed by atoms with E-state index in [4.69, 9.17) is 25.8 Å². The maximum absolute atomic E-state index is 12.1. The van der Waals surface area contributed by atoms with Gasteiger partial charge in [0.15, 0.2) is 0 Å². The molecule has 0 aromatic heterocycles. The smallest absolute Gasteiger partial charge is 0.250 e. The highest BCUT2D eigenvalue weighted by atomic mass is 35.5.